The number of hydrogen-bond acceptors (Lipinski definition) is 2. The fourth-order valence-electron chi connectivity index (χ4n) is 4.36. The molecular weight excluding hydrogens is 432 g/mol. The number of aliphatic carboxylic acids is 1. The van der Waals surface area contributed by atoms with Gasteiger partial charge in [-0.3, -0.25) is 4.79 Å². The van der Waals surface area contributed by atoms with Gasteiger partial charge in [0, 0.05) is 19.6 Å². The van der Waals surface area contributed by atoms with Gasteiger partial charge in [-0.2, -0.15) is 0 Å². The Labute approximate surface area is 221 Å². The zero-order valence-corrected chi connectivity index (χ0v) is 24.6. The zero-order valence-electron chi connectivity index (χ0n) is 24.6. The summed E-state index contributed by atoms with van der Waals surface area (Å²) in [7, 11) is 0. The normalized spacial score (nSPS) is 10.8. The molecule has 0 saturated heterocycles. The summed E-state index contributed by atoms with van der Waals surface area (Å²) in [6.07, 6.45) is 34.0. The summed E-state index contributed by atoms with van der Waals surface area (Å²) in [6, 6.07) is 0. The third kappa shape index (κ3) is 40.9. The van der Waals surface area contributed by atoms with Gasteiger partial charge in [0.25, 0.3) is 0 Å². The van der Waals surface area contributed by atoms with Crippen LogP contribution in [0.1, 0.15) is 188 Å². The van der Waals surface area contributed by atoms with Gasteiger partial charge in [0.1, 0.15) is 0 Å². The van der Waals surface area contributed by atoms with Gasteiger partial charge in [0.05, 0.1) is 0 Å². The molecule has 0 amide bonds. The summed E-state index contributed by atoms with van der Waals surface area (Å²) in [5, 5.41) is 8.27. The van der Waals surface area contributed by atoms with Crippen LogP contribution >= 0.6 is 0 Å². The van der Waals surface area contributed by atoms with Crippen molar-refractivity contribution in [3.8, 4) is 0 Å². The number of carboxylic acid groups (broad SMARTS) is 1. The summed E-state index contributed by atoms with van der Waals surface area (Å²) in [6.45, 7) is 8.72. The molecule has 0 aliphatic rings. The highest BCUT2D eigenvalue weighted by Crippen LogP contribution is 2.12. The second-order valence-corrected chi connectivity index (χ2v) is 10.5. The van der Waals surface area contributed by atoms with E-state index in [4.69, 9.17) is 9.84 Å². The van der Waals surface area contributed by atoms with Gasteiger partial charge in [0.15, 0.2) is 0 Å². The van der Waals surface area contributed by atoms with Gasteiger partial charge < -0.3 is 9.84 Å². The van der Waals surface area contributed by atoms with E-state index in [-0.39, 0.29) is 0 Å². The third-order valence-electron chi connectivity index (χ3n) is 6.78. The molecule has 3 nitrogen and oxygen atoms in total. The Morgan fingerprint density at radius 2 is 0.686 bits per heavy atom. The molecule has 0 unspecified atom stereocenters. The predicted molar refractivity (Wildman–Crippen MR) is 156 cm³/mol. The molecule has 0 spiro atoms. The van der Waals surface area contributed by atoms with Crippen molar-refractivity contribution in [2.24, 2.45) is 0 Å². The van der Waals surface area contributed by atoms with Crippen molar-refractivity contribution in [3.63, 3.8) is 0 Å². The van der Waals surface area contributed by atoms with Gasteiger partial charge >= 0.3 is 5.97 Å². The van der Waals surface area contributed by atoms with E-state index in [0.717, 1.165) is 26.1 Å². The summed E-state index contributed by atoms with van der Waals surface area (Å²) in [4.78, 5) is 10.0. The van der Waals surface area contributed by atoms with Crippen LogP contribution in [0.15, 0.2) is 0 Å². The standard InChI is InChI=1S/C24H50O.C8H16O2/c1-3-5-7-9-11-13-15-17-19-21-23-25-24-22-20-18-16-14-12-10-8-6-4-2;1-2-3-4-5-6-7-8(9)10/h3-24H2,1-2H3;2-7H2,1H3,(H,9,10). The first kappa shape index (κ1) is 36.6. The molecule has 0 radical (unpaired) electrons. The Morgan fingerprint density at radius 3 is 0.971 bits per heavy atom. The zero-order chi connectivity index (χ0) is 26.1. The maximum absolute atomic E-state index is 10.0. The molecule has 0 aromatic heterocycles. The van der Waals surface area contributed by atoms with Crippen LogP contribution in [0.2, 0.25) is 0 Å². The van der Waals surface area contributed by atoms with Crippen LogP contribution in [0.5, 0.6) is 0 Å². The monoisotopic (exact) mass is 499 g/mol. The van der Waals surface area contributed by atoms with Crippen molar-refractivity contribution in [1.29, 1.82) is 0 Å². The first-order valence-electron chi connectivity index (χ1n) is 16.0. The number of carbonyl (C=O) groups is 1. The number of unbranched alkanes of at least 4 members (excludes halogenated alkanes) is 22. The predicted octanol–water partition coefficient (Wildman–Crippen LogP) is 11.3. The van der Waals surface area contributed by atoms with Crippen LogP contribution in [0.4, 0.5) is 0 Å². The van der Waals surface area contributed by atoms with Gasteiger partial charge in [-0.05, 0) is 19.3 Å². The van der Waals surface area contributed by atoms with Gasteiger partial charge in [-0.25, -0.2) is 0 Å². The second-order valence-electron chi connectivity index (χ2n) is 10.5. The first-order chi connectivity index (χ1) is 17.2. The molecule has 0 heterocycles. The fraction of sp³-hybridized carbons (Fsp3) is 0.969. The molecule has 0 aliphatic carbocycles. The molecule has 0 aromatic rings. The molecule has 0 atom stereocenters. The minimum Gasteiger partial charge on any atom is -0.481 e. The van der Waals surface area contributed by atoms with Crippen LogP contribution in [0, 0.1) is 0 Å². The summed E-state index contributed by atoms with van der Waals surface area (Å²) >= 11 is 0. The quantitative estimate of drug-likeness (QED) is 0.109. The highest BCUT2D eigenvalue weighted by atomic mass is 16.5. The fourth-order valence-corrected chi connectivity index (χ4v) is 4.36. The van der Waals surface area contributed by atoms with E-state index in [1.54, 1.807) is 0 Å². The largest absolute Gasteiger partial charge is 0.481 e. The van der Waals surface area contributed by atoms with E-state index in [2.05, 4.69) is 20.8 Å². The maximum Gasteiger partial charge on any atom is 0.303 e. The third-order valence-corrected chi connectivity index (χ3v) is 6.78. The van der Waals surface area contributed by atoms with Crippen molar-refractivity contribution in [1.82, 2.24) is 0 Å². The number of carboxylic acids is 1. The van der Waals surface area contributed by atoms with Crippen LogP contribution < -0.4 is 0 Å². The highest BCUT2D eigenvalue weighted by molar-refractivity contribution is 5.66. The Kier molecular flexibility index (Phi) is 37.2. The van der Waals surface area contributed by atoms with E-state index < -0.39 is 5.97 Å². The van der Waals surface area contributed by atoms with Gasteiger partial charge in [-0.15, -0.1) is 0 Å². The van der Waals surface area contributed by atoms with E-state index in [9.17, 15) is 4.79 Å². The number of hydrogen-bond donors (Lipinski definition) is 1. The van der Waals surface area contributed by atoms with Crippen molar-refractivity contribution in [2.45, 2.75) is 188 Å². The molecule has 1 N–H and O–H groups in total. The minimum absolute atomic E-state index is 0.337. The lowest BCUT2D eigenvalue weighted by molar-refractivity contribution is -0.137. The molecule has 0 fully saturated rings. The Bertz CT molecular complexity index is 348. The topological polar surface area (TPSA) is 46.5 Å². The van der Waals surface area contributed by atoms with Crippen LogP contribution in [0.25, 0.3) is 0 Å². The molecule has 212 valence electrons. The first-order valence-corrected chi connectivity index (χ1v) is 16.0. The lowest BCUT2D eigenvalue weighted by Crippen LogP contribution is -1.97. The molecule has 3 heteroatoms. The second kappa shape index (κ2) is 35.6. The Morgan fingerprint density at radius 1 is 0.429 bits per heavy atom. The van der Waals surface area contributed by atoms with E-state index >= 15 is 0 Å². The van der Waals surface area contributed by atoms with Crippen LogP contribution in [-0.2, 0) is 9.53 Å². The van der Waals surface area contributed by atoms with Crippen molar-refractivity contribution < 1.29 is 14.6 Å². The molecule has 0 bridgehead atoms. The minimum atomic E-state index is -0.670. The maximum atomic E-state index is 10.0. The molecule has 0 aromatic carbocycles. The number of rotatable bonds is 28. The number of ether oxygens (including phenoxy) is 1. The van der Waals surface area contributed by atoms with Crippen molar-refractivity contribution in [3.05, 3.63) is 0 Å². The summed E-state index contributed by atoms with van der Waals surface area (Å²) in [5.41, 5.74) is 0. The van der Waals surface area contributed by atoms with E-state index in [1.165, 1.54) is 148 Å². The SMILES string of the molecule is CCCCCCCC(=O)O.CCCCCCCCCCCCOCCCCCCCCCCCC. The average molecular weight is 499 g/mol. The van der Waals surface area contributed by atoms with E-state index in [1.807, 2.05) is 0 Å². The Hall–Kier alpha value is -0.570. The van der Waals surface area contributed by atoms with E-state index in [0.29, 0.717) is 6.42 Å². The van der Waals surface area contributed by atoms with Gasteiger partial charge in [-0.1, -0.05) is 162 Å². The molecule has 0 saturated carbocycles. The highest BCUT2D eigenvalue weighted by Gasteiger charge is 1.96. The Balaban J connectivity index is 0. The lowest BCUT2D eigenvalue weighted by Gasteiger charge is -2.05. The lowest BCUT2D eigenvalue weighted by atomic mass is 10.1. The molecule has 35 heavy (non-hydrogen) atoms. The summed E-state index contributed by atoms with van der Waals surface area (Å²) < 4.78 is 5.78. The average Bonchev–Trinajstić information content (AvgIpc) is 2.85. The molecule has 0 aliphatic heterocycles. The van der Waals surface area contributed by atoms with Crippen LogP contribution in [-0.4, -0.2) is 24.3 Å². The molecular formula is C32H66O3. The van der Waals surface area contributed by atoms with Crippen molar-refractivity contribution in [2.75, 3.05) is 13.2 Å². The molecule has 0 rings (SSSR count). The van der Waals surface area contributed by atoms with Crippen LogP contribution in [0.3, 0.4) is 0 Å². The summed E-state index contributed by atoms with van der Waals surface area (Å²) in [5.74, 6) is -0.670. The van der Waals surface area contributed by atoms with Crippen molar-refractivity contribution >= 4 is 5.97 Å². The van der Waals surface area contributed by atoms with Gasteiger partial charge in [0.2, 0.25) is 0 Å². The smallest absolute Gasteiger partial charge is 0.303 e.